The zero-order valence-corrected chi connectivity index (χ0v) is 8.11. The van der Waals surface area contributed by atoms with Gasteiger partial charge in [-0.15, -0.1) is 0 Å². The molecule has 0 aliphatic heterocycles. The van der Waals surface area contributed by atoms with Gasteiger partial charge in [0.1, 0.15) is 0 Å². The number of likely N-dealkylation sites (N-methyl/N-ethyl adjacent to an activating group) is 1. The van der Waals surface area contributed by atoms with Crippen molar-refractivity contribution < 1.29 is 14.0 Å². The molecule has 1 aromatic carbocycles. The van der Waals surface area contributed by atoms with Crippen molar-refractivity contribution in [3.05, 3.63) is 35.9 Å². The molecule has 0 radical (unpaired) electrons. The van der Waals surface area contributed by atoms with Crippen molar-refractivity contribution in [2.75, 3.05) is 14.2 Å². The van der Waals surface area contributed by atoms with Gasteiger partial charge < -0.3 is 0 Å². The summed E-state index contributed by atoms with van der Waals surface area (Å²) in [5.41, 5.74) is 0.335. The Hall–Kier alpha value is -1.42. The fraction of sp³-hybridized carbons (Fsp3) is 0.300. The highest BCUT2D eigenvalue weighted by Crippen LogP contribution is 2.18. The summed E-state index contributed by atoms with van der Waals surface area (Å²) in [6, 6.07) is 8.25. The molecule has 0 spiro atoms. The fourth-order valence-corrected chi connectivity index (χ4v) is 1.01. The Bertz CT molecular complexity index is 302. The van der Waals surface area contributed by atoms with E-state index < -0.39 is 12.1 Å². The zero-order chi connectivity index (χ0) is 10.6. The van der Waals surface area contributed by atoms with E-state index >= 15 is 0 Å². The van der Waals surface area contributed by atoms with Gasteiger partial charge in [0.2, 0.25) is 6.17 Å². The number of hydrogen-bond donors (Lipinski definition) is 0. The molecule has 3 nitrogen and oxygen atoms in total. The quantitative estimate of drug-likeness (QED) is 0.690. The van der Waals surface area contributed by atoms with Gasteiger partial charge in [-0.05, 0) is 5.56 Å². The van der Waals surface area contributed by atoms with Crippen molar-refractivity contribution in [3.8, 4) is 0 Å². The van der Waals surface area contributed by atoms with E-state index in [0.717, 1.165) is 5.06 Å². The maximum Gasteiger partial charge on any atom is 0.285 e. The van der Waals surface area contributed by atoms with Gasteiger partial charge in [0, 0.05) is 7.05 Å². The standard InChI is InChI=1S/C10H12FNO2/c1-12(14-2)10(13)9(11)8-6-4-3-5-7-8/h3-7,9H,1-2H3/t9-/m1/s1. The first-order chi connectivity index (χ1) is 6.66. The molecular formula is C10H12FNO2. The highest BCUT2D eigenvalue weighted by Gasteiger charge is 2.22. The van der Waals surface area contributed by atoms with Crippen LogP contribution in [-0.2, 0) is 9.63 Å². The molecule has 1 amide bonds. The van der Waals surface area contributed by atoms with Crippen molar-refractivity contribution in [1.82, 2.24) is 5.06 Å². The van der Waals surface area contributed by atoms with E-state index in [4.69, 9.17) is 0 Å². The average molecular weight is 197 g/mol. The Kier molecular flexibility index (Phi) is 3.59. The highest BCUT2D eigenvalue weighted by atomic mass is 19.1. The fourth-order valence-electron chi connectivity index (χ4n) is 1.01. The Morgan fingerprint density at radius 2 is 2.00 bits per heavy atom. The first kappa shape index (κ1) is 10.7. The third-order valence-electron chi connectivity index (χ3n) is 1.89. The van der Waals surface area contributed by atoms with Crippen molar-refractivity contribution in [2.24, 2.45) is 0 Å². The normalized spacial score (nSPS) is 12.2. The molecule has 0 saturated heterocycles. The molecule has 1 atom stereocenters. The lowest BCUT2D eigenvalue weighted by atomic mass is 10.1. The lowest BCUT2D eigenvalue weighted by molar-refractivity contribution is -0.174. The Labute approximate surface area is 82.0 Å². The number of alkyl halides is 1. The Morgan fingerprint density at radius 3 is 2.50 bits per heavy atom. The van der Waals surface area contributed by atoms with Gasteiger partial charge in [0.15, 0.2) is 0 Å². The van der Waals surface area contributed by atoms with E-state index in [1.54, 1.807) is 30.3 Å². The summed E-state index contributed by atoms with van der Waals surface area (Å²) < 4.78 is 13.5. The summed E-state index contributed by atoms with van der Waals surface area (Å²) in [4.78, 5) is 15.9. The third-order valence-corrected chi connectivity index (χ3v) is 1.89. The maximum atomic E-state index is 13.5. The molecule has 4 heteroatoms. The van der Waals surface area contributed by atoms with Crippen LogP contribution < -0.4 is 0 Å². The predicted molar refractivity (Wildman–Crippen MR) is 50.1 cm³/mol. The summed E-state index contributed by atoms with van der Waals surface area (Å²) in [5.74, 6) is -0.710. The summed E-state index contributed by atoms with van der Waals surface area (Å²) >= 11 is 0. The molecule has 0 bridgehead atoms. The van der Waals surface area contributed by atoms with Crippen LogP contribution in [0.2, 0.25) is 0 Å². The molecule has 0 heterocycles. The Morgan fingerprint density at radius 1 is 1.43 bits per heavy atom. The van der Waals surface area contributed by atoms with E-state index in [9.17, 15) is 9.18 Å². The summed E-state index contributed by atoms with van der Waals surface area (Å²) in [5, 5.41) is 0.873. The summed E-state index contributed by atoms with van der Waals surface area (Å²) in [7, 11) is 2.69. The minimum Gasteiger partial charge on any atom is -0.274 e. The van der Waals surface area contributed by atoms with Crippen LogP contribution in [-0.4, -0.2) is 25.1 Å². The second-order valence-electron chi connectivity index (χ2n) is 2.79. The first-order valence-corrected chi connectivity index (χ1v) is 4.17. The monoisotopic (exact) mass is 197 g/mol. The molecule has 1 aromatic rings. The van der Waals surface area contributed by atoms with E-state index in [-0.39, 0.29) is 0 Å². The number of benzene rings is 1. The minimum atomic E-state index is -1.67. The van der Waals surface area contributed by atoms with E-state index in [1.807, 2.05) is 0 Å². The van der Waals surface area contributed by atoms with Crippen LogP contribution in [0.5, 0.6) is 0 Å². The zero-order valence-electron chi connectivity index (χ0n) is 8.11. The van der Waals surface area contributed by atoms with Crippen LogP contribution in [0.1, 0.15) is 11.7 Å². The first-order valence-electron chi connectivity index (χ1n) is 4.17. The van der Waals surface area contributed by atoms with Gasteiger partial charge in [-0.3, -0.25) is 9.63 Å². The Balaban J connectivity index is 2.76. The predicted octanol–water partition coefficient (Wildman–Crippen LogP) is 1.72. The number of hydrogen-bond acceptors (Lipinski definition) is 2. The van der Waals surface area contributed by atoms with Gasteiger partial charge in [-0.25, -0.2) is 9.45 Å². The molecule has 0 saturated carbocycles. The van der Waals surface area contributed by atoms with E-state index in [0.29, 0.717) is 5.56 Å². The van der Waals surface area contributed by atoms with Gasteiger partial charge in [-0.1, -0.05) is 30.3 Å². The molecule has 0 fully saturated rings. The van der Waals surface area contributed by atoms with Crippen molar-refractivity contribution >= 4 is 5.91 Å². The molecule has 14 heavy (non-hydrogen) atoms. The number of carbonyl (C=O) groups is 1. The lowest BCUT2D eigenvalue weighted by Crippen LogP contribution is -2.29. The number of hydroxylamine groups is 2. The largest absolute Gasteiger partial charge is 0.285 e. The number of carbonyl (C=O) groups excluding carboxylic acids is 1. The molecule has 1 rings (SSSR count). The van der Waals surface area contributed by atoms with Crippen LogP contribution in [0.15, 0.2) is 30.3 Å². The molecule has 0 aliphatic rings. The molecule has 0 aliphatic carbocycles. The number of nitrogens with zero attached hydrogens (tertiary/aromatic N) is 1. The topological polar surface area (TPSA) is 29.5 Å². The number of amides is 1. The van der Waals surface area contributed by atoms with Crippen molar-refractivity contribution in [2.45, 2.75) is 6.17 Å². The second-order valence-corrected chi connectivity index (χ2v) is 2.79. The van der Waals surface area contributed by atoms with Crippen LogP contribution in [0, 0.1) is 0 Å². The minimum absolute atomic E-state index is 0.335. The highest BCUT2D eigenvalue weighted by molar-refractivity contribution is 5.81. The van der Waals surface area contributed by atoms with E-state index in [2.05, 4.69) is 4.84 Å². The smallest absolute Gasteiger partial charge is 0.274 e. The molecule has 0 unspecified atom stereocenters. The summed E-state index contributed by atoms with van der Waals surface area (Å²) in [6.07, 6.45) is -1.67. The van der Waals surface area contributed by atoms with Gasteiger partial charge >= 0.3 is 0 Å². The van der Waals surface area contributed by atoms with Crippen LogP contribution in [0.3, 0.4) is 0 Å². The summed E-state index contributed by atoms with van der Waals surface area (Å²) in [6.45, 7) is 0. The second kappa shape index (κ2) is 4.72. The molecule has 76 valence electrons. The molecule has 0 aromatic heterocycles. The van der Waals surface area contributed by atoms with Gasteiger partial charge in [-0.2, -0.15) is 0 Å². The SMILES string of the molecule is CON(C)C(=O)[C@H](F)c1ccccc1. The molecule has 0 N–H and O–H groups in total. The van der Waals surface area contributed by atoms with Crippen molar-refractivity contribution in [1.29, 1.82) is 0 Å². The van der Waals surface area contributed by atoms with Crippen LogP contribution >= 0.6 is 0 Å². The van der Waals surface area contributed by atoms with Crippen LogP contribution in [0.25, 0.3) is 0 Å². The number of halogens is 1. The lowest BCUT2D eigenvalue weighted by Gasteiger charge is -2.16. The number of rotatable bonds is 3. The third kappa shape index (κ3) is 2.29. The van der Waals surface area contributed by atoms with Gasteiger partial charge in [0.25, 0.3) is 5.91 Å². The molecular weight excluding hydrogens is 185 g/mol. The average Bonchev–Trinajstić information content (AvgIpc) is 2.27. The van der Waals surface area contributed by atoms with E-state index in [1.165, 1.54) is 14.2 Å². The maximum absolute atomic E-state index is 13.5. The van der Waals surface area contributed by atoms with Gasteiger partial charge in [0.05, 0.1) is 7.11 Å². The van der Waals surface area contributed by atoms with Crippen LogP contribution in [0.4, 0.5) is 4.39 Å². The van der Waals surface area contributed by atoms with Crippen molar-refractivity contribution in [3.63, 3.8) is 0 Å².